The summed E-state index contributed by atoms with van der Waals surface area (Å²) in [6, 6.07) is 0. The second kappa shape index (κ2) is 7.80. The highest BCUT2D eigenvalue weighted by atomic mass is 127. The molecule has 12 heavy (non-hydrogen) atoms. The van der Waals surface area contributed by atoms with Crippen molar-refractivity contribution in [2.75, 3.05) is 6.54 Å². The van der Waals surface area contributed by atoms with Crippen molar-refractivity contribution in [2.24, 2.45) is 11.1 Å². The van der Waals surface area contributed by atoms with Crippen LogP contribution in [-0.4, -0.2) is 6.54 Å². The summed E-state index contributed by atoms with van der Waals surface area (Å²) in [4.78, 5) is 0. The lowest BCUT2D eigenvalue weighted by Crippen LogP contribution is -2.19. The molecular weight excluding hydrogens is 261 g/mol. The number of halogens is 1. The van der Waals surface area contributed by atoms with Crippen LogP contribution in [0, 0.1) is 5.41 Å². The van der Waals surface area contributed by atoms with Crippen LogP contribution >= 0.6 is 24.0 Å². The highest BCUT2D eigenvalue weighted by Crippen LogP contribution is 2.30. The molecule has 2 N–H and O–H groups in total. The summed E-state index contributed by atoms with van der Waals surface area (Å²) in [5.41, 5.74) is 5.80. The monoisotopic (exact) mass is 281 g/mol. The largest absolute Gasteiger partial charge is 0.330 e. The van der Waals surface area contributed by atoms with Crippen LogP contribution in [0.1, 0.15) is 26.2 Å². The predicted octanol–water partition coefficient (Wildman–Crippen LogP) is 3.11. The van der Waals surface area contributed by atoms with Crippen LogP contribution in [0.25, 0.3) is 0 Å². The standard InChI is InChI=1S/C10H19N.HI/c1-4-6-10(3,7-5-2)8-9-11;/h4-5H,1-2,6-9,11H2,3H3;1H. The minimum atomic E-state index is 0. The van der Waals surface area contributed by atoms with Gasteiger partial charge in [-0.1, -0.05) is 19.1 Å². The molecule has 0 bridgehead atoms. The Morgan fingerprint density at radius 1 is 1.25 bits per heavy atom. The normalized spacial score (nSPS) is 10.2. The van der Waals surface area contributed by atoms with Gasteiger partial charge in [0.15, 0.2) is 0 Å². The number of allylic oxidation sites excluding steroid dienone is 2. The first kappa shape index (κ1) is 14.7. The van der Waals surface area contributed by atoms with Gasteiger partial charge in [-0.25, -0.2) is 0 Å². The molecule has 0 heterocycles. The van der Waals surface area contributed by atoms with Crippen molar-refractivity contribution >= 4 is 24.0 Å². The molecule has 0 atom stereocenters. The predicted molar refractivity (Wildman–Crippen MR) is 66.8 cm³/mol. The lowest BCUT2D eigenvalue weighted by atomic mass is 9.80. The van der Waals surface area contributed by atoms with E-state index in [1.165, 1.54) is 0 Å². The van der Waals surface area contributed by atoms with Crippen molar-refractivity contribution in [3.05, 3.63) is 25.3 Å². The van der Waals surface area contributed by atoms with Crippen LogP contribution in [0.2, 0.25) is 0 Å². The molecule has 72 valence electrons. The molecule has 0 spiro atoms. The average molecular weight is 281 g/mol. The average Bonchev–Trinajstić information content (AvgIpc) is 1.88. The lowest BCUT2D eigenvalue weighted by molar-refractivity contribution is 0.310. The maximum absolute atomic E-state index is 5.51. The summed E-state index contributed by atoms with van der Waals surface area (Å²) in [7, 11) is 0. The van der Waals surface area contributed by atoms with Gasteiger partial charge >= 0.3 is 0 Å². The van der Waals surface area contributed by atoms with E-state index in [1.807, 2.05) is 12.2 Å². The van der Waals surface area contributed by atoms with E-state index in [9.17, 15) is 0 Å². The third-order valence-corrected chi connectivity index (χ3v) is 2.02. The maximum atomic E-state index is 5.51. The van der Waals surface area contributed by atoms with Crippen LogP contribution in [-0.2, 0) is 0 Å². The SMILES string of the molecule is C=CCC(C)(CC=C)CCN.I. The summed E-state index contributed by atoms with van der Waals surface area (Å²) >= 11 is 0. The first-order valence-corrected chi connectivity index (χ1v) is 4.10. The third-order valence-electron chi connectivity index (χ3n) is 2.02. The summed E-state index contributed by atoms with van der Waals surface area (Å²) in [5, 5.41) is 0. The first-order valence-electron chi connectivity index (χ1n) is 4.10. The Hall–Kier alpha value is 0.170. The minimum absolute atomic E-state index is 0. The number of rotatable bonds is 6. The summed E-state index contributed by atoms with van der Waals surface area (Å²) in [6.07, 6.45) is 7.01. The summed E-state index contributed by atoms with van der Waals surface area (Å²) in [5.74, 6) is 0. The van der Waals surface area contributed by atoms with E-state index in [0.29, 0.717) is 0 Å². The van der Waals surface area contributed by atoms with Gasteiger partial charge in [-0.2, -0.15) is 0 Å². The van der Waals surface area contributed by atoms with Crippen molar-refractivity contribution in [1.29, 1.82) is 0 Å². The Balaban J connectivity index is 0. The zero-order chi connectivity index (χ0) is 8.74. The van der Waals surface area contributed by atoms with Crippen LogP contribution in [0.4, 0.5) is 0 Å². The lowest BCUT2D eigenvalue weighted by Gasteiger charge is -2.26. The Labute approximate surface area is 93.1 Å². The maximum Gasteiger partial charge on any atom is -0.00719 e. The molecular formula is C10H20IN. The van der Waals surface area contributed by atoms with Crippen molar-refractivity contribution in [3.63, 3.8) is 0 Å². The van der Waals surface area contributed by atoms with Gasteiger partial charge in [0.05, 0.1) is 0 Å². The van der Waals surface area contributed by atoms with E-state index in [4.69, 9.17) is 5.73 Å². The second-order valence-corrected chi connectivity index (χ2v) is 3.33. The minimum Gasteiger partial charge on any atom is -0.330 e. The van der Waals surface area contributed by atoms with Crippen LogP contribution in [0.15, 0.2) is 25.3 Å². The third kappa shape index (κ3) is 5.77. The molecule has 0 aliphatic rings. The Bertz CT molecular complexity index is 122. The molecule has 0 fully saturated rings. The molecule has 0 unspecified atom stereocenters. The van der Waals surface area contributed by atoms with Gasteiger partial charge in [-0.05, 0) is 31.2 Å². The van der Waals surface area contributed by atoms with Crippen molar-refractivity contribution in [2.45, 2.75) is 26.2 Å². The fourth-order valence-corrected chi connectivity index (χ4v) is 1.33. The highest BCUT2D eigenvalue weighted by molar-refractivity contribution is 14.0. The van der Waals surface area contributed by atoms with Crippen molar-refractivity contribution < 1.29 is 0 Å². The molecule has 0 aromatic carbocycles. The van der Waals surface area contributed by atoms with Gasteiger partial charge in [-0.3, -0.25) is 0 Å². The molecule has 0 saturated heterocycles. The quantitative estimate of drug-likeness (QED) is 0.587. The Morgan fingerprint density at radius 2 is 1.67 bits per heavy atom. The molecule has 0 amide bonds. The molecule has 0 aliphatic carbocycles. The summed E-state index contributed by atoms with van der Waals surface area (Å²) < 4.78 is 0. The second-order valence-electron chi connectivity index (χ2n) is 3.33. The zero-order valence-electron chi connectivity index (χ0n) is 7.88. The van der Waals surface area contributed by atoms with Gasteiger partial charge in [0.25, 0.3) is 0 Å². The van der Waals surface area contributed by atoms with Gasteiger partial charge in [0.2, 0.25) is 0 Å². The molecule has 0 radical (unpaired) electrons. The zero-order valence-corrected chi connectivity index (χ0v) is 10.2. The van der Waals surface area contributed by atoms with Gasteiger partial charge in [0.1, 0.15) is 0 Å². The highest BCUT2D eigenvalue weighted by Gasteiger charge is 2.19. The fourth-order valence-electron chi connectivity index (χ4n) is 1.33. The molecule has 0 aromatic rings. The van der Waals surface area contributed by atoms with Crippen LogP contribution < -0.4 is 5.73 Å². The molecule has 0 rings (SSSR count). The Morgan fingerprint density at radius 3 is 1.92 bits per heavy atom. The molecule has 0 aliphatic heterocycles. The Kier molecular flexibility index (Phi) is 9.54. The number of nitrogens with two attached hydrogens (primary N) is 1. The first-order chi connectivity index (χ1) is 5.18. The van der Waals surface area contributed by atoms with Gasteiger partial charge in [-0.15, -0.1) is 37.1 Å². The van der Waals surface area contributed by atoms with E-state index in [2.05, 4.69) is 20.1 Å². The molecule has 1 nitrogen and oxygen atoms in total. The van der Waals surface area contributed by atoms with Crippen molar-refractivity contribution in [3.8, 4) is 0 Å². The van der Waals surface area contributed by atoms with Gasteiger partial charge in [0, 0.05) is 0 Å². The molecule has 0 aromatic heterocycles. The van der Waals surface area contributed by atoms with E-state index in [0.717, 1.165) is 25.8 Å². The van der Waals surface area contributed by atoms with E-state index < -0.39 is 0 Å². The van der Waals surface area contributed by atoms with Crippen LogP contribution in [0.3, 0.4) is 0 Å². The number of hydrogen-bond acceptors (Lipinski definition) is 1. The van der Waals surface area contributed by atoms with Gasteiger partial charge < -0.3 is 5.73 Å². The smallest absolute Gasteiger partial charge is 0.00719 e. The topological polar surface area (TPSA) is 26.0 Å². The van der Waals surface area contributed by atoms with Crippen LogP contribution in [0.5, 0.6) is 0 Å². The van der Waals surface area contributed by atoms with Crippen molar-refractivity contribution in [1.82, 2.24) is 0 Å². The molecule has 2 heteroatoms. The van der Waals surface area contributed by atoms with E-state index >= 15 is 0 Å². The fraction of sp³-hybridized carbons (Fsp3) is 0.600. The summed E-state index contributed by atoms with van der Waals surface area (Å²) in [6.45, 7) is 10.4. The van der Waals surface area contributed by atoms with E-state index in [-0.39, 0.29) is 29.4 Å². The van der Waals surface area contributed by atoms with E-state index in [1.54, 1.807) is 0 Å². The molecule has 0 saturated carbocycles. The number of hydrogen-bond donors (Lipinski definition) is 1.